The molecule has 100 valence electrons. The Morgan fingerprint density at radius 2 is 2.21 bits per heavy atom. The summed E-state index contributed by atoms with van der Waals surface area (Å²) in [5, 5.41) is 11.7. The van der Waals surface area contributed by atoms with Crippen molar-refractivity contribution in [2.24, 2.45) is 0 Å². The number of benzene rings is 1. The van der Waals surface area contributed by atoms with E-state index in [1.54, 1.807) is 17.0 Å². The van der Waals surface area contributed by atoms with Gasteiger partial charge in [0.1, 0.15) is 17.4 Å². The Bertz CT molecular complexity index is 507. The molecule has 0 spiro atoms. The zero-order chi connectivity index (χ0) is 13.7. The van der Waals surface area contributed by atoms with Crippen LogP contribution in [0.4, 0.5) is 10.1 Å². The maximum absolute atomic E-state index is 13.4. The first-order chi connectivity index (χ1) is 9.22. The fourth-order valence-corrected chi connectivity index (χ4v) is 1.88. The zero-order valence-corrected chi connectivity index (χ0v) is 10.4. The molecule has 0 atom stereocenters. The van der Waals surface area contributed by atoms with Crippen molar-refractivity contribution in [2.45, 2.75) is 0 Å². The molecular formula is C13H14FN3O2. The number of nitrogens with one attached hydrogen (secondary N) is 1. The van der Waals surface area contributed by atoms with Crippen LogP contribution in [0.25, 0.3) is 0 Å². The van der Waals surface area contributed by atoms with E-state index in [0.717, 1.165) is 0 Å². The van der Waals surface area contributed by atoms with Crippen LogP contribution >= 0.6 is 0 Å². The molecule has 1 amide bonds. The number of rotatable bonds is 3. The number of nitrogens with zero attached hydrogens (tertiary/aromatic N) is 2. The molecule has 6 heteroatoms. The number of carbonyl (C=O) groups is 1. The molecule has 5 nitrogen and oxygen atoms in total. The predicted octanol–water partition coefficient (Wildman–Crippen LogP) is 0.968. The molecule has 1 aliphatic heterocycles. The van der Waals surface area contributed by atoms with Crippen LogP contribution in [0.5, 0.6) is 0 Å². The van der Waals surface area contributed by atoms with Crippen molar-refractivity contribution in [1.29, 1.82) is 5.26 Å². The van der Waals surface area contributed by atoms with Gasteiger partial charge >= 0.3 is 0 Å². The number of amides is 1. The number of hydrogen-bond donors (Lipinski definition) is 1. The van der Waals surface area contributed by atoms with Crippen LogP contribution in [0.1, 0.15) is 5.56 Å². The summed E-state index contributed by atoms with van der Waals surface area (Å²) in [4.78, 5) is 13.6. The van der Waals surface area contributed by atoms with E-state index < -0.39 is 5.82 Å². The van der Waals surface area contributed by atoms with E-state index in [9.17, 15) is 9.18 Å². The molecule has 0 bridgehead atoms. The highest BCUT2D eigenvalue weighted by Crippen LogP contribution is 2.17. The van der Waals surface area contributed by atoms with E-state index in [1.165, 1.54) is 12.1 Å². The molecule has 0 aromatic heterocycles. The fourth-order valence-electron chi connectivity index (χ4n) is 1.88. The Kier molecular flexibility index (Phi) is 4.31. The zero-order valence-electron chi connectivity index (χ0n) is 10.4. The van der Waals surface area contributed by atoms with Crippen molar-refractivity contribution in [3.05, 3.63) is 29.6 Å². The molecule has 0 aliphatic carbocycles. The first-order valence-corrected chi connectivity index (χ1v) is 6.00. The second kappa shape index (κ2) is 6.16. The Labute approximate surface area is 110 Å². The number of nitriles is 1. The fraction of sp³-hybridized carbons (Fsp3) is 0.385. The molecule has 19 heavy (non-hydrogen) atoms. The first-order valence-electron chi connectivity index (χ1n) is 6.00. The third-order valence-electron chi connectivity index (χ3n) is 2.92. The summed E-state index contributed by atoms with van der Waals surface area (Å²) in [6, 6.07) is 6.08. The summed E-state index contributed by atoms with van der Waals surface area (Å²) >= 11 is 0. The lowest BCUT2D eigenvalue weighted by molar-refractivity contribution is -0.133. The first kappa shape index (κ1) is 13.3. The Morgan fingerprint density at radius 1 is 1.47 bits per heavy atom. The van der Waals surface area contributed by atoms with Crippen molar-refractivity contribution >= 4 is 11.6 Å². The van der Waals surface area contributed by atoms with E-state index in [-0.39, 0.29) is 18.0 Å². The van der Waals surface area contributed by atoms with Crippen molar-refractivity contribution in [2.75, 3.05) is 38.2 Å². The number of hydrogen-bond acceptors (Lipinski definition) is 4. The molecule has 1 aromatic carbocycles. The normalized spacial score (nSPS) is 14.8. The lowest BCUT2D eigenvalue weighted by atomic mass is 10.2. The van der Waals surface area contributed by atoms with E-state index in [1.807, 2.05) is 0 Å². The van der Waals surface area contributed by atoms with Gasteiger partial charge in [-0.1, -0.05) is 6.07 Å². The molecule has 1 fully saturated rings. The van der Waals surface area contributed by atoms with Gasteiger partial charge in [0, 0.05) is 13.1 Å². The van der Waals surface area contributed by atoms with Crippen LogP contribution in [-0.2, 0) is 9.53 Å². The van der Waals surface area contributed by atoms with Crippen LogP contribution in [-0.4, -0.2) is 43.7 Å². The van der Waals surface area contributed by atoms with E-state index in [0.29, 0.717) is 32.0 Å². The van der Waals surface area contributed by atoms with Gasteiger partial charge in [0.25, 0.3) is 0 Å². The lowest BCUT2D eigenvalue weighted by Gasteiger charge is -2.27. The quantitative estimate of drug-likeness (QED) is 0.882. The van der Waals surface area contributed by atoms with Crippen LogP contribution in [0.3, 0.4) is 0 Å². The van der Waals surface area contributed by atoms with Gasteiger partial charge in [-0.05, 0) is 12.1 Å². The van der Waals surface area contributed by atoms with Gasteiger partial charge in [0.2, 0.25) is 5.91 Å². The van der Waals surface area contributed by atoms with Gasteiger partial charge in [-0.15, -0.1) is 0 Å². The Hall–Kier alpha value is -2.13. The molecule has 0 unspecified atom stereocenters. The second-order valence-electron chi connectivity index (χ2n) is 4.12. The smallest absolute Gasteiger partial charge is 0.242 e. The van der Waals surface area contributed by atoms with E-state index in [4.69, 9.17) is 10.00 Å². The van der Waals surface area contributed by atoms with Crippen LogP contribution in [0.2, 0.25) is 0 Å². The van der Waals surface area contributed by atoms with Gasteiger partial charge in [-0.25, -0.2) is 4.39 Å². The second-order valence-corrected chi connectivity index (χ2v) is 4.12. The molecule has 2 rings (SSSR count). The van der Waals surface area contributed by atoms with Gasteiger partial charge in [-0.3, -0.25) is 4.79 Å². The highest BCUT2D eigenvalue weighted by molar-refractivity contribution is 5.81. The molecule has 1 saturated heterocycles. The third kappa shape index (κ3) is 3.20. The molecule has 1 N–H and O–H groups in total. The maximum atomic E-state index is 13.4. The predicted molar refractivity (Wildman–Crippen MR) is 67.0 cm³/mol. The molecule has 1 aliphatic rings. The van der Waals surface area contributed by atoms with Crippen molar-refractivity contribution < 1.29 is 13.9 Å². The third-order valence-corrected chi connectivity index (χ3v) is 2.92. The van der Waals surface area contributed by atoms with Gasteiger partial charge in [0.05, 0.1) is 25.4 Å². The number of ether oxygens (including phenoxy) is 1. The van der Waals surface area contributed by atoms with Gasteiger partial charge < -0.3 is 15.0 Å². The summed E-state index contributed by atoms with van der Waals surface area (Å²) in [5.41, 5.74) is 0.265. The standard InChI is InChI=1S/C13H14FN3O2/c14-11-2-1-3-12(10(11)8-15)16-9-13(18)17-4-6-19-7-5-17/h1-3,16H,4-7,9H2. The molecular weight excluding hydrogens is 249 g/mol. The Morgan fingerprint density at radius 3 is 2.89 bits per heavy atom. The highest BCUT2D eigenvalue weighted by Gasteiger charge is 2.17. The molecule has 0 saturated carbocycles. The highest BCUT2D eigenvalue weighted by atomic mass is 19.1. The van der Waals surface area contributed by atoms with E-state index in [2.05, 4.69) is 5.32 Å². The minimum atomic E-state index is -0.591. The summed E-state index contributed by atoms with van der Waals surface area (Å²) in [6.45, 7) is 2.24. The van der Waals surface area contributed by atoms with Crippen molar-refractivity contribution in [3.8, 4) is 6.07 Å². The van der Waals surface area contributed by atoms with Gasteiger partial charge in [0.15, 0.2) is 0 Å². The molecule has 1 heterocycles. The topological polar surface area (TPSA) is 65.4 Å². The molecule has 1 aromatic rings. The van der Waals surface area contributed by atoms with Crippen molar-refractivity contribution in [1.82, 2.24) is 4.90 Å². The minimum Gasteiger partial charge on any atom is -0.378 e. The van der Waals surface area contributed by atoms with Crippen LogP contribution in [0.15, 0.2) is 18.2 Å². The van der Waals surface area contributed by atoms with Crippen LogP contribution < -0.4 is 5.32 Å². The number of morpholine rings is 1. The van der Waals surface area contributed by atoms with E-state index >= 15 is 0 Å². The number of halogens is 1. The monoisotopic (exact) mass is 263 g/mol. The summed E-state index contributed by atoms with van der Waals surface area (Å²) in [7, 11) is 0. The van der Waals surface area contributed by atoms with Crippen molar-refractivity contribution in [3.63, 3.8) is 0 Å². The average molecular weight is 263 g/mol. The number of carbonyl (C=O) groups excluding carboxylic acids is 1. The molecule has 0 radical (unpaired) electrons. The Balaban J connectivity index is 1.97. The van der Waals surface area contributed by atoms with Gasteiger partial charge in [-0.2, -0.15) is 5.26 Å². The summed E-state index contributed by atoms with van der Waals surface area (Å²) < 4.78 is 18.5. The SMILES string of the molecule is N#Cc1c(F)cccc1NCC(=O)N1CCOCC1. The lowest BCUT2D eigenvalue weighted by Crippen LogP contribution is -2.43. The van der Waals surface area contributed by atoms with Crippen LogP contribution in [0, 0.1) is 17.1 Å². The number of anilines is 1. The summed E-state index contributed by atoms with van der Waals surface area (Å²) in [5.74, 6) is -0.678. The minimum absolute atomic E-state index is 0.0398. The largest absolute Gasteiger partial charge is 0.378 e. The average Bonchev–Trinajstić information content (AvgIpc) is 2.45. The maximum Gasteiger partial charge on any atom is 0.242 e. The summed E-state index contributed by atoms with van der Waals surface area (Å²) in [6.07, 6.45) is 0.